The molecule has 3 aliphatic heterocycles. The zero-order valence-electron chi connectivity index (χ0n) is 10.8. The molecule has 90 valence electrons. The van der Waals surface area contributed by atoms with Gasteiger partial charge in [0, 0.05) is 29.5 Å². The van der Waals surface area contributed by atoms with Gasteiger partial charge in [0.1, 0.15) is 5.78 Å². The van der Waals surface area contributed by atoms with E-state index in [1.54, 1.807) is 0 Å². The Hall–Kier alpha value is -0.370. The molecule has 3 saturated heterocycles. The molecule has 3 fully saturated rings. The van der Waals surface area contributed by atoms with Gasteiger partial charge in [-0.1, -0.05) is 0 Å². The summed E-state index contributed by atoms with van der Waals surface area (Å²) in [4.78, 5) is 14.9. The Labute approximate surface area is 98.4 Å². The highest BCUT2D eigenvalue weighted by Crippen LogP contribution is 2.54. The van der Waals surface area contributed by atoms with E-state index in [-0.39, 0.29) is 5.54 Å². The lowest BCUT2D eigenvalue weighted by Crippen LogP contribution is -2.73. The Balaban J connectivity index is 2.08. The minimum atomic E-state index is 0.181. The normalized spacial score (nSPS) is 56.2. The molecule has 3 rings (SSSR count). The molecule has 2 heteroatoms. The number of rotatable bonds is 0. The Morgan fingerprint density at radius 3 is 2.75 bits per heavy atom. The second-order valence-corrected chi connectivity index (χ2v) is 6.69. The maximum Gasteiger partial charge on any atom is 0.139 e. The van der Waals surface area contributed by atoms with E-state index in [1.165, 1.54) is 25.7 Å². The average Bonchev–Trinajstić information content (AvgIpc) is 2.13. The standard InChI is InChI=1S/C14H23NO/c1-10-9-12(16)11-5-8-13(2)6-4-7-14(11,3)15(10)13/h10-11H,4-9H2,1-3H3/t10-,11+,13?,14+/m0/s1. The molecule has 16 heavy (non-hydrogen) atoms. The van der Waals surface area contributed by atoms with Crippen LogP contribution in [-0.4, -0.2) is 27.8 Å². The second-order valence-electron chi connectivity index (χ2n) is 6.69. The highest BCUT2D eigenvalue weighted by Gasteiger charge is 2.59. The van der Waals surface area contributed by atoms with Gasteiger partial charge in [-0.15, -0.1) is 0 Å². The molecule has 0 spiro atoms. The van der Waals surface area contributed by atoms with E-state index < -0.39 is 0 Å². The van der Waals surface area contributed by atoms with Gasteiger partial charge in [0.05, 0.1) is 0 Å². The van der Waals surface area contributed by atoms with Crippen molar-refractivity contribution in [3.63, 3.8) is 0 Å². The van der Waals surface area contributed by atoms with Gasteiger partial charge in [-0.2, -0.15) is 0 Å². The summed E-state index contributed by atoms with van der Waals surface area (Å²) >= 11 is 0. The average molecular weight is 221 g/mol. The number of nitrogens with zero attached hydrogens (tertiary/aromatic N) is 1. The van der Waals surface area contributed by atoms with Crippen LogP contribution in [0.25, 0.3) is 0 Å². The summed E-state index contributed by atoms with van der Waals surface area (Å²) in [5, 5.41) is 0. The zero-order chi connectivity index (χ0) is 11.6. The molecule has 5 atom stereocenters. The van der Waals surface area contributed by atoms with Crippen molar-refractivity contribution >= 4 is 5.78 Å². The number of carbonyl (C=O) groups is 1. The monoisotopic (exact) mass is 221 g/mol. The minimum Gasteiger partial charge on any atom is -0.299 e. The van der Waals surface area contributed by atoms with Gasteiger partial charge >= 0.3 is 0 Å². The highest BCUT2D eigenvalue weighted by molar-refractivity contribution is 5.84. The van der Waals surface area contributed by atoms with Crippen LogP contribution < -0.4 is 0 Å². The Morgan fingerprint density at radius 1 is 1.25 bits per heavy atom. The molecule has 0 N–H and O–H groups in total. The summed E-state index contributed by atoms with van der Waals surface area (Å²) in [7, 11) is 0. The highest BCUT2D eigenvalue weighted by atomic mass is 16.1. The maximum atomic E-state index is 12.2. The van der Waals surface area contributed by atoms with Crippen molar-refractivity contribution in [1.82, 2.24) is 4.90 Å². The molecule has 3 heterocycles. The summed E-state index contributed by atoms with van der Waals surface area (Å²) < 4.78 is 0. The van der Waals surface area contributed by atoms with Gasteiger partial charge in [-0.25, -0.2) is 0 Å². The molecule has 0 saturated carbocycles. The fraction of sp³-hybridized carbons (Fsp3) is 0.929. The number of Topliss-reactive ketones (excluding diaryl/α,β-unsaturated/α-hetero) is 1. The predicted octanol–water partition coefficient (Wildman–Crippen LogP) is 2.76. The molecule has 0 aromatic carbocycles. The third-order valence-electron chi connectivity index (χ3n) is 5.58. The molecule has 0 radical (unpaired) electrons. The van der Waals surface area contributed by atoms with Gasteiger partial charge in [0.15, 0.2) is 0 Å². The number of carbonyl (C=O) groups excluding carboxylic acids is 1. The summed E-state index contributed by atoms with van der Waals surface area (Å²) in [5.41, 5.74) is 0.559. The lowest BCUT2D eigenvalue weighted by molar-refractivity contribution is -0.176. The van der Waals surface area contributed by atoms with Gasteiger partial charge in [-0.05, 0) is 52.9 Å². The zero-order valence-corrected chi connectivity index (χ0v) is 10.8. The molecule has 2 nitrogen and oxygen atoms in total. The quantitative estimate of drug-likeness (QED) is 0.627. The lowest BCUT2D eigenvalue weighted by Gasteiger charge is -2.66. The maximum absolute atomic E-state index is 12.2. The van der Waals surface area contributed by atoms with Crippen molar-refractivity contribution in [2.24, 2.45) is 5.92 Å². The van der Waals surface area contributed by atoms with E-state index in [2.05, 4.69) is 25.7 Å². The van der Waals surface area contributed by atoms with Crippen LogP contribution in [0.15, 0.2) is 0 Å². The van der Waals surface area contributed by atoms with Crippen LogP contribution in [0.3, 0.4) is 0 Å². The first-order valence-corrected chi connectivity index (χ1v) is 6.79. The molecular formula is C14H23NO. The third kappa shape index (κ3) is 1.14. The third-order valence-corrected chi connectivity index (χ3v) is 5.58. The van der Waals surface area contributed by atoms with Crippen LogP contribution in [0.4, 0.5) is 0 Å². The molecule has 0 amide bonds. The van der Waals surface area contributed by atoms with E-state index in [9.17, 15) is 4.79 Å². The number of piperidine rings is 3. The van der Waals surface area contributed by atoms with Gasteiger partial charge < -0.3 is 0 Å². The Morgan fingerprint density at radius 2 is 2.00 bits per heavy atom. The summed E-state index contributed by atoms with van der Waals surface area (Å²) in [5.74, 6) is 0.868. The first-order valence-electron chi connectivity index (χ1n) is 6.79. The van der Waals surface area contributed by atoms with Crippen molar-refractivity contribution in [2.45, 2.75) is 76.4 Å². The van der Waals surface area contributed by atoms with Crippen molar-refractivity contribution in [3.8, 4) is 0 Å². The second kappa shape index (κ2) is 3.10. The Kier molecular flexibility index (Phi) is 2.08. The molecule has 4 bridgehead atoms. The van der Waals surface area contributed by atoms with Crippen LogP contribution in [0.1, 0.15) is 59.3 Å². The van der Waals surface area contributed by atoms with E-state index in [0.717, 1.165) is 12.8 Å². The van der Waals surface area contributed by atoms with Gasteiger partial charge in [0.25, 0.3) is 0 Å². The predicted molar refractivity (Wildman–Crippen MR) is 64.3 cm³/mol. The number of ketones is 1. The van der Waals surface area contributed by atoms with Gasteiger partial charge in [-0.3, -0.25) is 9.69 Å². The van der Waals surface area contributed by atoms with Crippen molar-refractivity contribution in [3.05, 3.63) is 0 Å². The van der Waals surface area contributed by atoms with E-state index >= 15 is 0 Å². The molecule has 3 aliphatic rings. The SMILES string of the molecule is C[C@H]1CC(=O)[C@H]2CCC3(C)CCC[C@@]2(C)N13. The van der Waals surface area contributed by atoms with Crippen LogP contribution in [0, 0.1) is 5.92 Å². The van der Waals surface area contributed by atoms with E-state index in [0.29, 0.717) is 23.3 Å². The van der Waals surface area contributed by atoms with Crippen LogP contribution in [-0.2, 0) is 4.79 Å². The lowest BCUT2D eigenvalue weighted by atomic mass is 9.59. The fourth-order valence-corrected chi connectivity index (χ4v) is 5.11. The molecular weight excluding hydrogens is 198 g/mol. The van der Waals surface area contributed by atoms with E-state index in [1.807, 2.05) is 0 Å². The van der Waals surface area contributed by atoms with Crippen LogP contribution in [0.2, 0.25) is 0 Å². The van der Waals surface area contributed by atoms with E-state index in [4.69, 9.17) is 0 Å². The topological polar surface area (TPSA) is 20.3 Å². The van der Waals surface area contributed by atoms with Crippen molar-refractivity contribution in [1.29, 1.82) is 0 Å². The van der Waals surface area contributed by atoms with Crippen LogP contribution >= 0.6 is 0 Å². The van der Waals surface area contributed by atoms with Crippen molar-refractivity contribution < 1.29 is 4.79 Å². The van der Waals surface area contributed by atoms with Gasteiger partial charge in [0.2, 0.25) is 0 Å². The molecule has 2 unspecified atom stereocenters. The first-order chi connectivity index (χ1) is 7.47. The summed E-state index contributed by atoms with van der Waals surface area (Å²) in [6.07, 6.45) is 7.01. The number of hydrogen-bond acceptors (Lipinski definition) is 2. The molecule has 0 aliphatic carbocycles. The smallest absolute Gasteiger partial charge is 0.139 e. The van der Waals surface area contributed by atoms with Crippen molar-refractivity contribution in [2.75, 3.05) is 0 Å². The largest absolute Gasteiger partial charge is 0.299 e. The minimum absolute atomic E-state index is 0.181. The first kappa shape index (κ1) is 10.8. The number of hydrogen-bond donors (Lipinski definition) is 0. The van der Waals surface area contributed by atoms with Crippen LogP contribution in [0.5, 0.6) is 0 Å². The Bertz CT molecular complexity index is 340. The summed E-state index contributed by atoms with van der Waals surface area (Å²) in [6, 6.07) is 0.458. The fourth-order valence-electron chi connectivity index (χ4n) is 5.11. The molecule has 0 aromatic heterocycles. The summed E-state index contributed by atoms with van der Waals surface area (Å²) in [6.45, 7) is 7.02. The molecule has 0 aromatic rings.